The summed E-state index contributed by atoms with van der Waals surface area (Å²) in [6.07, 6.45) is 11.8. The summed E-state index contributed by atoms with van der Waals surface area (Å²) in [6, 6.07) is 3.01. The van der Waals surface area contributed by atoms with Gasteiger partial charge in [0.15, 0.2) is 0 Å². The van der Waals surface area contributed by atoms with Crippen LogP contribution in [0, 0.1) is 0 Å². The van der Waals surface area contributed by atoms with Gasteiger partial charge in [-0.05, 0) is 51.3 Å². The van der Waals surface area contributed by atoms with E-state index in [0.29, 0.717) is 18.8 Å². The SMILES string of the molecule is CCCCn1nc(C(=O)NCC2(N3CCCCC3)CCCCC2)ccc1=O. The predicted octanol–water partition coefficient (Wildman–Crippen LogP) is 2.96. The van der Waals surface area contributed by atoms with Crippen molar-refractivity contribution in [2.75, 3.05) is 19.6 Å². The molecule has 1 aromatic heterocycles. The highest BCUT2D eigenvalue weighted by Crippen LogP contribution is 2.35. The molecule has 0 aromatic carbocycles. The van der Waals surface area contributed by atoms with Crippen molar-refractivity contribution in [3.05, 3.63) is 28.2 Å². The lowest BCUT2D eigenvalue weighted by atomic mass is 9.79. The number of nitrogens with zero attached hydrogens (tertiary/aromatic N) is 3. The van der Waals surface area contributed by atoms with E-state index in [1.165, 1.54) is 49.3 Å². The number of rotatable bonds is 7. The normalized spacial score (nSPS) is 20.3. The van der Waals surface area contributed by atoms with Gasteiger partial charge >= 0.3 is 0 Å². The molecule has 1 aliphatic carbocycles. The van der Waals surface area contributed by atoms with Crippen molar-refractivity contribution in [3.8, 4) is 0 Å². The molecule has 27 heavy (non-hydrogen) atoms. The number of unbranched alkanes of at least 4 members (excludes halogenated alkanes) is 1. The minimum absolute atomic E-state index is 0.102. The van der Waals surface area contributed by atoms with Crippen LogP contribution in [0.4, 0.5) is 0 Å². The van der Waals surface area contributed by atoms with Crippen molar-refractivity contribution in [3.63, 3.8) is 0 Å². The van der Waals surface area contributed by atoms with E-state index in [9.17, 15) is 9.59 Å². The largest absolute Gasteiger partial charge is 0.349 e. The molecule has 2 aliphatic rings. The van der Waals surface area contributed by atoms with Crippen LogP contribution in [-0.4, -0.2) is 45.8 Å². The fourth-order valence-electron chi connectivity index (χ4n) is 4.56. The van der Waals surface area contributed by atoms with Crippen molar-refractivity contribution >= 4 is 5.91 Å². The second-order valence-electron chi connectivity index (χ2n) is 8.15. The Balaban J connectivity index is 1.68. The predicted molar refractivity (Wildman–Crippen MR) is 107 cm³/mol. The first-order chi connectivity index (χ1) is 13.1. The van der Waals surface area contributed by atoms with Gasteiger partial charge in [0.05, 0.1) is 0 Å². The molecule has 1 amide bonds. The summed E-state index contributed by atoms with van der Waals surface area (Å²) < 4.78 is 1.42. The van der Waals surface area contributed by atoms with Crippen LogP contribution in [0.2, 0.25) is 0 Å². The molecule has 1 N–H and O–H groups in total. The number of carbonyl (C=O) groups excluding carboxylic acids is 1. The van der Waals surface area contributed by atoms with Gasteiger partial charge in [0.1, 0.15) is 5.69 Å². The molecule has 0 atom stereocenters. The second-order valence-corrected chi connectivity index (χ2v) is 8.15. The van der Waals surface area contributed by atoms with E-state index in [1.54, 1.807) is 6.07 Å². The number of aromatic nitrogens is 2. The monoisotopic (exact) mass is 374 g/mol. The second kappa shape index (κ2) is 9.49. The molecule has 0 bridgehead atoms. The number of amides is 1. The zero-order valence-electron chi connectivity index (χ0n) is 16.7. The molecule has 150 valence electrons. The van der Waals surface area contributed by atoms with Gasteiger partial charge in [0.2, 0.25) is 0 Å². The lowest BCUT2D eigenvalue weighted by molar-refractivity contribution is 0.0326. The molecule has 0 radical (unpaired) electrons. The Hall–Kier alpha value is -1.69. The van der Waals surface area contributed by atoms with Crippen LogP contribution in [0.5, 0.6) is 0 Å². The third-order valence-corrected chi connectivity index (χ3v) is 6.21. The highest BCUT2D eigenvalue weighted by atomic mass is 16.2. The minimum Gasteiger partial charge on any atom is -0.349 e. The van der Waals surface area contributed by atoms with Crippen LogP contribution < -0.4 is 10.9 Å². The molecule has 6 heteroatoms. The number of hydrogen-bond acceptors (Lipinski definition) is 4. The quantitative estimate of drug-likeness (QED) is 0.797. The number of carbonyl (C=O) groups is 1. The van der Waals surface area contributed by atoms with Gasteiger partial charge in [-0.1, -0.05) is 39.0 Å². The molecule has 6 nitrogen and oxygen atoms in total. The van der Waals surface area contributed by atoms with E-state index in [0.717, 1.165) is 38.8 Å². The summed E-state index contributed by atoms with van der Waals surface area (Å²) in [4.78, 5) is 27.3. The number of likely N-dealkylation sites (tertiary alicyclic amines) is 1. The maximum absolute atomic E-state index is 12.7. The number of hydrogen-bond donors (Lipinski definition) is 1. The average Bonchev–Trinajstić information content (AvgIpc) is 2.73. The molecule has 1 aromatic rings. The molecule has 1 aliphatic heterocycles. The fraction of sp³-hybridized carbons (Fsp3) is 0.762. The van der Waals surface area contributed by atoms with Crippen molar-refractivity contribution in [1.29, 1.82) is 0 Å². The van der Waals surface area contributed by atoms with Gasteiger partial charge in [-0.3, -0.25) is 14.5 Å². The zero-order valence-corrected chi connectivity index (χ0v) is 16.7. The van der Waals surface area contributed by atoms with Crippen LogP contribution in [0.3, 0.4) is 0 Å². The van der Waals surface area contributed by atoms with E-state index >= 15 is 0 Å². The van der Waals surface area contributed by atoms with Gasteiger partial charge in [-0.15, -0.1) is 0 Å². The van der Waals surface area contributed by atoms with E-state index in [-0.39, 0.29) is 17.0 Å². The Morgan fingerprint density at radius 1 is 1.11 bits per heavy atom. The first-order valence-electron chi connectivity index (χ1n) is 10.8. The van der Waals surface area contributed by atoms with Crippen LogP contribution >= 0.6 is 0 Å². The van der Waals surface area contributed by atoms with Gasteiger partial charge in [0, 0.05) is 24.7 Å². The number of aryl methyl sites for hydroxylation is 1. The molecular formula is C21H34N4O2. The third kappa shape index (κ3) is 4.98. The maximum atomic E-state index is 12.7. The molecule has 3 rings (SSSR count). The summed E-state index contributed by atoms with van der Waals surface area (Å²) in [5.41, 5.74) is 0.303. The van der Waals surface area contributed by atoms with E-state index in [2.05, 4.69) is 22.2 Å². The minimum atomic E-state index is -0.165. The summed E-state index contributed by atoms with van der Waals surface area (Å²) >= 11 is 0. The first kappa shape index (κ1) is 20.1. The van der Waals surface area contributed by atoms with Crippen molar-refractivity contribution in [1.82, 2.24) is 20.0 Å². The van der Waals surface area contributed by atoms with Crippen molar-refractivity contribution in [2.45, 2.75) is 83.2 Å². The lowest BCUT2D eigenvalue weighted by Crippen LogP contribution is -2.58. The number of nitrogens with one attached hydrogen (secondary N) is 1. The van der Waals surface area contributed by atoms with E-state index in [4.69, 9.17) is 0 Å². The van der Waals surface area contributed by atoms with Gasteiger partial charge in [-0.2, -0.15) is 5.10 Å². The average molecular weight is 375 g/mol. The summed E-state index contributed by atoms with van der Waals surface area (Å²) in [5.74, 6) is -0.165. The topological polar surface area (TPSA) is 67.2 Å². The van der Waals surface area contributed by atoms with Gasteiger partial charge in [-0.25, -0.2) is 4.68 Å². The third-order valence-electron chi connectivity index (χ3n) is 6.21. The van der Waals surface area contributed by atoms with Crippen LogP contribution in [0.15, 0.2) is 16.9 Å². The van der Waals surface area contributed by atoms with E-state index < -0.39 is 0 Å². The maximum Gasteiger partial charge on any atom is 0.271 e. The lowest BCUT2D eigenvalue weighted by Gasteiger charge is -2.48. The van der Waals surface area contributed by atoms with Crippen molar-refractivity contribution in [2.24, 2.45) is 0 Å². The first-order valence-corrected chi connectivity index (χ1v) is 10.8. The van der Waals surface area contributed by atoms with Crippen LogP contribution in [0.1, 0.15) is 81.6 Å². The fourth-order valence-corrected chi connectivity index (χ4v) is 4.56. The molecule has 0 spiro atoms. The van der Waals surface area contributed by atoms with Crippen LogP contribution in [0.25, 0.3) is 0 Å². The molecule has 2 heterocycles. The zero-order chi connectivity index (χ0) is 19.1. The Labute approximate surface area is 162 Å². The molecule has 2 fully saturated rings. The smallest absolute Gasteiger partial charge is 0.271 e. The number of piperidine rings is 1. The Kier molecular flexibility index (Phi) is 7.05. The highest BCUT2D eigenvalue weighted by molar-refractivity contribution is 5.92. The summed E-state index contributed by atoms with van der Waals surface area (Å²) in [7, 11) is 0. The van der Waals surface area contributed by atoms with E-state index in [1.807, 2.05) is 0 Å². The summed E-state index contributed by atoms with van der Waals surface area (Å²) in [5, 5.41) is 7.44. The van der Waals surface area contributed by atoms with Crippen molar-refractivity contribution < 1.29 is 4.79 Å². The van der Waals surface area contributed by atoms with Crippen LogP contribution in [-0.2, 0) is 6.54 Å². The highest BCUT2D eigenvalue weighted by Gasteiger charge is 2.38. The van der Waals surface area contributed by atoms with Gasteiger partial charge in [0.25, 0.3) is 11.5 Å². The molecular weight excluding hydrogens is 340 g/mol. The standard InChI is InChI=1S/C21H34N4O2/c1-2-3-16-25-19(26)11-10-18(23-25)20(27)22-17-21(12-6-4-7-13-21)24-14-8-5-9-15-24/h10-11H,2-9,12-17H2,1H3,(H,22,27). The van der Waals surface area contributed by atoms with Gasteiger partial charge < -0.3 is 5.32 Å². The summed E-state index contributed by atoms with van der Waals surface area (Å²) in [6.45, 7) is 5.62. The molecule has 0 unspecified atom stereocenters. The molecule has 1 saturated heterocycles. The Bertz CT molecular complexity index is 673. The molecule has 1 saturated carbocycles. The Morgan fingerprint density at radius 2 is 1.81 bits per heavy atom. The Morgan fingerprint density at radius 3 is 2.52 bits per heavy atom.